The molecule has 2 aliphatic heterocycles. The van der Waals surface area contributed by atoms with Crippen LogP contribution in [0.25, 0.3) is 0 Å². The van der Waals surface area contributed by atoms with E-state index in [1.807, 2.05) is 36.4 Å². The highest BCUT2D eigenvalue weighted by Crippen LogP contribution is 2.65. The van der Waals surface area contributed by atoms with Gasteiger partial charge in [0.2, 0.25) is 23.6 Å². The first kappa shape index (κ1) is 34.2. The van der Waals surface area contributed by atoms with Gasteiger partial charge in [-0.25, -0.2) is 4.90 Å². The molecule has 4 aromatic rings. The van der Waals surface area contributed by atoms with Gasteiger partial charge in [-0.3, -0.25) is 24.1 Å². The summed E-state index contributed by atoms with van der Waals surface area (Å²) in [4.78, 5) is 61.3. The molecule has 3 fully saturated rings. The van der Waals surface area contributed by atoms with Crippen LogP contribution in [0.1, 0.15) is 35.4 Å². The number of hydrogen-bond acceptors (Lipinski definition) is 7. The number of halogens is 2. The molecule has 0 aromatic heterocycles. The Morgan fingerprint density at radius 1 is 0.885 bits per heavy atom. The zero-order chi connectivity index (χ0) is 36.5. The van der Waals surface area contributed by atoms with E-state index in [0.29, 0.717) is 39.2 Å². The molecule has 9 nitrogen and oxygen atoms in total. The van der Waals surface area contributed by atoms with Crippen LogP contribution < -0.4 is 9.64 Å². The number of amides is 4. The van der Waals surface area contributed by atoms with Gasteiger partial charge in [-0.2, -0.15) is 0 Å². The number of imide groups is 2. The van der Waals surface area contributed by atoms with Crippen molar-refractivity contribution in [2.75, 3.05) is 18.6 Å². The first-order chi connectivity index (χ1) is 25.1. The Hall–Kier alpha value is -4.93. The number of phenolic OH excluding ortho intramolecular Hbond substituents is 2. The predicted molar refractivity (Wildman–Crippen MR) is 197 cm³/mol. The molecule has 8 rings (SSSR count). The maximum absolute atomic E-state index is 15.4. The molecule has 1 saturated carbocycles. The third kappa shape index (κ3) is 5.10. The quantitative estimate of drug-likeness (QED) is 0.154. The first-order valence-electron chi connectivity index (χ1n) is 17.1. The van der Waals surface area contributed by atoms with Gasteiger partial charge in [0.15, 0.2) is 11.5 Å². The number of phenols is 2. The zero-order valence-electron chi connectivity index (χ0n) is 28.0. The van der Waals surface area contributed by atoms with Crippen molar-refractivity contribution in [2.45, 2.75) is 30.6 Å². The van der Waals surface area contributed by atoms with Gasteiger partial charge in [-0.1, -0.05) is 71.8 Å². The van der Waals surface area contributed by atoms with Gasteiger partial charge in [0, 0.05) is 17.5 Å². The van der Waals surface area contributed by atoms with E-state index < -0.39 is 46.8 Å². The summed E-state index contributed by atoms with van der Waals surface area (Å²) in [6.07, 6.45) is 2.88. The van der Waals surface area contributed by atoms with Gasteiger partial charge in [0.1, 0.15) is 5.75 Å². The average Bonchev–Trinajstić information content (AvgIpc) is 3.53. The summed E-state index contributed by atoms with van der Waals surface area (Å²) in [5.74, 6) is -4.73. The van der Waals surface area contributed by atoms with Crippen LogP contribution in [0.3, 0.4) is 0 Å². The fourth-order valence-electron chi connectivity index (χ4n) is 9.22. The van der Waals surface area contributed by atoms with Crippen LogP contribution >= 0.6 is 27.5 Å². The molecule has 0 spiro atoms. The van der Waals surface area contributed by atoms with E-state index in [1.165, 1.54) is 16.9 Å². The molecule has 0 bridgehead atoms. The van der Waals surface area contributed by atoms with E-state index in [4.69, 9.17) is 16.3 Å². The topological polar surface area (TPSA) is 124 Å². The van der Waals surface area contributed by atoms with Gasteiger partial charge in [0.05, 0.1) is 40.4 Å². The van der Waals surface area contributed by atoms with Crippen molar-refractivity contribution in [1.29, 1.82) is 0 Å². The van der Waals surface area contributed by atoms with Crippen molar-refractivity contribution in [3.05, 3.63) is 129 Å². The van der Waals surface area contributed by atoms with E-state index in [-0.39, 0.29) is 42.0 Å². The molecule has 0 radical (unpaired) electrons. The maximum Gasteiger partial charge on any atom is 0.246 e. The van der Waals surface area contributed by atoms with E-state index >= 15 is 4.79 Å². The molecule has 4 amide bonds. The number of benzene rings is 4. The first-order valence-corrected chi connectivity index (χ1v) is 18.3. The molecule has 2 heterocycles. The second-order valence-electron chi connectivity index (χ2n) is 13.9. The Kier molecular flexibility index (Phi) is 8.50. The minimum atomic E-state index is -1.46. The van der Waals surface area contributed by atoms with Crippen molar-refractivity contribution in [2.24, 2.45) is 23.7 Å². The van der Waals surface area contributed by atoms with Gasteiger partial charge in [-0.05, 0) is 100 Å². The molecule has 11 heteroatoms. The highest BCUT2D eigenvalue weighted by atomic mass is 79.9. The second kappa shape index (κ2) is 12.9. The van der Waals surface area contributed by atoms with E-state index in [0.717, 1.165) is 11.1 Å². The van der Waals surface area contributed by atoms with E-state index in [2.05, 4.69) is 15.9 Å². The maximum atomic E-state index is 15.4. The van der Waals surface area contributed by atoms with Crippen LogP contribution in [0.15, 0.2) is 107 Å². The molecular formula is C41H34BrClN2O7. The van der Waals surface area contributed by atoms with Gasteiger partial charge in [-0.15, -0.1) is 0 Å². The van der Waals surface area contributed by atoms with Crippen LogP contribution in [0.5, 0.6) is 17.2 Å². The van der Waals surface area contributed by atoms with Crippen molar-refractivity contribution >= 4 is 56.8 Å². The number of fused-ring (bicyclic) bond motifs is 4. The Bertz CT molecular complexity index is 2170. The Balaban J connectivity index is 1.30. The van der Waals surface area contributed by atoms with Crippen LogP contribution in [0, 0.1) is 23.7 Å². The molecule has 2 saturated heterocycles. The number of nitrogens with zero attached hydrogens (tertiary/aromatic N) is 2. The van der Waals surface area contributed by atoms with Crippen molar-refractivity contribution in [3.8, 4) is 17.2 Å². The lowest BCUT2D eigenvalue weighted by atomic mass is 9.49. The lowest BCUT2D eigenvalue weighted by molar-refractivity contribution is -0.140. The average molecular weight is 782 g/mol. The second-order valence-corrected chi connectivity index (χ2v) is 15.2. The van der Waals surface area contributed by atoms with Crippen LogP contribution in [-0.4, -0.2) is 52.4 Å². The van der Waals surface area contributed by atoms with Crippen molar-refractivity contribution in [3.63, 3.8) is 0 Å². The number of carbonyl (C=O) groups is 4. The number of aromatic hydroxyl groups is 2. The van der Waals surface area contributed by atoms with Crippen molar-refractivity contribution in [1.82, 2.24) is 4.90 Å². The van der Waals surface area contributed by atoms with Crippen LogP contribution in [0.4, 0.5) is 5.69 Å². The Morgan fingerprint density at radius 2 is 1.63 bits per heavy atom. The summed E-state index contributed by atoms with van der Waals surface area (Å²) in [6.45, 7) is 0.181. The lowest BCUT2D eigenvalue weighted by Gasteiger charge is -2.50. The molecule has 52 heavy (non-hydrogen) atoms. The molecule has 6 unspecified atom stereocenters. The van der Waals surface area contributed by atoms with Crippen LogP contribution in [-0.2, 0) is 31.0 Å². The Morgan fingerprint density at radius 3 is 2.35 bits per heavy atom. The summed E-state index contributed by atoms with van der Waals surface area (Å²) in [5.41, 5.74) is 1.82. The lowest BCUT2D eigenvalue weighted by Crippen LogP contribution is -2.53. The molecule has 2 N–H and O–H groups in total. The molecule has 264 valence electrons. The summed E-state index contributed by atoms with van der Waals surface area (Å²) in [7, 11) is 1.44. The fraction of sp³-hybridized carbons (Fsp3) is 0.268. The predicted octanol–water partition coefficient (Wildman–Crippen LogP) is 6.93. The number of carbonyl (C=O) groups excluding carboxylic acids is 4. The van der Waals surface area contributed by atoms with Gasteiger partial charge >= 0.3 is 0 Å². The number of allylic oxidation sites excluding steroid dienone is 2. The third-order valence-electron chi connectivity index (χ3n) is 11.4. The van der Waals surface area contributed by atoms with E-state index in [9.17, 15) is 24.6 Å². The van der Waals surface area contributed by atoms with Gasteiger partial charge < -0.3 is 14.9 Å². The largest absolute Gasteiger partial charge is 0.508 e. The molecule has 4 aromatic carbocycles. The summed E-state index contributed by atoms with van der Waals surface area (Å²) < 4.78 is 5.93. The number of ether oxygens (including phenoxy) is 1. The monoisotopic (exact) mass is 780 g/mol. The fourth-order valence-corrected chi connectivity index (χ4v) is 9.87. The summed E-state index contributed by atoms with van der Waals surface area (Å²) in [6, 6.07) is 26.0. The van der Waals surface area contributed by atoms with Crippen LogP contribution in [0.2, 0.25) is 5.02 Å². The number of hydrogen-bond donors (Lipinski definition) is 2. The molecule has 6 atom stereocenters. The standard InChI is InChI=1S/C41H34BrClN2O7/c1-52-33-19-23(18-32(42)36(33)47)35-28-14-15-29-34(39(50)44(37(29)48)17-16-22-10-12-27(46)13-11-22)30(28)21-31-38(49)45(26-9-5-8-25(43)20-26)40(51)41(31,35)24-6-3-2-4-7-24/h2-14,18-20,29-31,34-35,46-47H,15-17,21H2,1H3. The van der Waals surface area contributed by atoms with Gasteiger partial charge in [0.25, 0.3) is 0 Å². The molecule has 2 aliphatic carbocycles. The SMILES string of the molecule is COc1cc(C2C3=CCC4C(=O)N(CCc5ccc(O)cc5)C(=O)C4C3CC3C(=O)N(c4cccc(Cl)c4)C(=O)C32c2ccccc2)cc(Br)c1O. The summed E-state index contributed by atoms with van der Waals surface area (Å²) in [5, 5.41) is 21.0. The minimum Gasteiger partial charge on any atom is -0.508 e. The molecule has 4 aliphatic rings. The Labute approximate surface area is 313 Å². The number of anilines is 1. The van der Waals surface area contributed by atoms with Crippen molar-refractivity contribution < 1.29 is 34.1 Å². The van der Waals surface area contributed by atoms with E-state index in [1.54, 1.807) is 60.7 Å². The number of methoxy groups -OCH3 is 1. The normalized spacial score (nSPS) is 26.6. The molecular weight excluding hydrogens is 748 g/mol. The zero-order valence-corrected chi connectivity index (χ0v) is 30.4. The smallest absolute Gasteiger partial charge is 0.246 e. The number of likely N-dealkylation sites (tertiary alicyclic amines) is 1. The minimum absolute atomic E-state index is 0.114. The summed E-state index contributed by atoms with van der Waals surface area (Å²) >= 11 is 9.89. The highest BCUT2D eigenvalue weighted by Gasteiger charge is 2.70. The number of rotatable bonds is 7. The highest BCUT2D eigenvalue weighted by molar-refractivity contribution is 9.10. The third-order valence-corrected chi connectivity index (χ3v) is 12.3.